The number of terminal acetylenes is 1. The van der Waals surface area contributed by atoms with E-state index in [-0.39, 0.29) is 17.4 Å². The van der Waals surface area contributed by atoms with E-state index in [1.807, 2.05) is 0 Å². The van der Waals surface area contributed by atoms with E-state index in [1.54, 1.807) is 27.7 Å². The van der Waals surface area contributed by atoms with E-state index in [0.717, 1.165) is 6.07 Å². The zero-order valence-electron chi connectivity index (χ0n) is 12.8. The van der Waals surface area contributed by atoms with Gasteiger partial charge in [-0.2, -0.15) is 13.2 Å². The van der Waals surface area contributed by atoms with Crippen molar-refractivity contribution in [1.82, 2.24) is 10.3 Å². The average molecular weight is 313 g/mol. The number of rotatable bonds is 4. The van der Waals surface area contributed by atoms with Crippen molar-refractivity contribution in [3.63, 3.8) is 0 Å². The second-order valence-corrected chi connectivity index (χ2v) is 5.64. The lowest BCUT2D eigenvalue weighted by Gasteiger charge is -2.21. The van der Waals surface area contributed by atoms with E-state index in [4.69, 9.17) is 6.42 Å². The Morgan fingerprint density at radius 3 is 2.41 bits per heavy atom. The molecule has 0 saturated carbocycles. The molecule has 0 fully saturated rings. The topological polar surface area (TPSA) is 54.0 Å². The predicted molar refractivity (Wildman–Crippen MR) is 78.4 cm³/mol. The SMILES string of the molecule is C#CC(C)(C)NC(=O)c1cc(C(F)(F)F)cnc1NC(C)C. The van der Waals surface area contributed by atoms with E-state index in [0.29, 0.717) is 6.20 Å². The number of nitrogens with zero attached hydrogens (tertiary/aromatic N) is 1. The third kappa shape index (κ3) is 4.65. The van der Waals surface area contributed by atoms with Gasteiger partial charge in [0.05, 0.1) is 16.7 Å². The number of hydrogen-bond acceptors (Lipinski definition) is 3. The summed E-state index contributed by atoms with van der Waals surface area (Å²) in [5.74, 6) is 1.71. The number of halogens is 3. The van der Waals surface area contributed by atoms with Crippen LogP contribution < -0.4 is 10.6 Å². The zero-order valence-corrected chi connectivity index (χ0v) is 12.8. The highest BCUT2D eigenvalue weighted by molar-refractivity contribution is 5.99. The maximum absolute atomic E-state index is 12.8. The third-order valence-electron chi connectivity index (χ3n) is 2.67. The summed E-state index contributed by atoms with van der Waals surface area (Å²) in [4.78, 5) is 16.0. The molecule has 0 aromatic carbocycles. The number of anilines is 1. The number of aromatic nitrogens is 1. The molecule has 120 valence electrons. The molecular weight excluding hydrogens is 295 g/mol. The van der Waals surface area contributed by atoms with Crippen molar-refractivity contribution < 1.29 is 18.0 Å². The number of carbonyl (C=O) groups excluding carboxylic acids is 1. The van der Waals surface area contributed by atoms with E-state index >= 15 is 0 Å². The Morgan fingerprint density at radius 2 is 1.95 bits per heavy atom. The van der Waals surface area contributed by atoms with Crippen molar-refractivity contribution in [2.24, 2.45) is 0 Å². The van der Waals surface area contributed by atoms with Crippen LogP contribution in [0.5, 0.6) is 0 Å². The summed E-state index contributed by atoms with van der Waals surface area (Å²) >= 11 is 0. The largest absolute Gasteiger partial charge is 0.417 e. The number of nitrogens with one attached hydrogen (secondary N) is 2. The molecule has 1 amide bonds. The molecule has 0 aliphatic carbocycles. The second-order valence-electron chi connectivity index (χ2n) is 5.64. The fraction of sp³-hybridized carbons (Fsp3) is 0.467. The molecule has 0 unspecified atom stereocenters. The van der Waals surface area contributed by atoms with Crippen LogP contribution in [0.15, 0.2) is 12.3 Å². The molecule has 0 spiro atoms. The fourth-order valence-electron chi connectivity index (χ4n) is 1.57. The summed E-state index contributed by atoms with van der Waals surface area (Å²) in [5, 5.41) is 5.34. The standard InChI is InChI=1S/C15H18F3N3O/c1-6-14(4,5)21-13(22)11-7-10(15(16,17)18)8-19-12(11)20-9(2)3/h1,7-9H,2-5H3,(H,19,20)(H,21,22). The molecule has 1 rings (SSSR count). The minimum atomic E-state index is -4.58. The Kier molecular flexibility index (Phi) is 5.07. The van der Waals surface area contributed by atoms with Crippen molar-refractivity contribution in [2.75, 3.05) is 5.32 Å². The Labute approximate surface area is 127 Å². The molecule has 4 nitrogen and oxygen atoms in total. The lowest BCUT2D eigenvalue weighted by atomic mass is 10.1. The van der Waals surface area contributed by atoms with Crippen molar-refractivity contribution in [3.8, 4) is 12.3 Å². The average Bonchev–Trinajstić information content (AvgIpc) is 2.36. The van der Waals surface area contributed by atoms with Gasteiger partial charge in [-0.05, 0) is 33.8 Å². The number of alkyl halides is 3. The van der Waals surface area contributed by atoms with Crippen LogP contribution in [0.2, 0.25) is 0 Å². The number of hydrogen-bond donors (Lipinski definition) is 2. The Bertz CT molecular complexity index is 601. The van der Waals surface area contributed by atoms with Crippen LogP contribution in [0.1, 0.15) is 43.6 Å². The van der Waals surface area contributed by atoms with Gasteiger partial charge in [0, 0.05) is 12.2 Å². The smallest absolute Gasteiger partial charge is 0.367 e. The molecular formula is C15H18F3N3O. The molecule has 0 saturated heterocycles. The monoisotopic (exact) mass is 313 g/mol. The first-order chi connectivity index (χ1) is 9.96. The predicted octanol–water partition coefficient (Wildman–Crippen LogP) is 3.06. The quantitative estimate of drug-likeness (QED) is 0.840. The highest BCUT2D eigenvalue weighted by atomic mass is 19.4. The summed E-state index contributed by atoms with van der Waals surface area (Å²) in [6.45, 7) is 6.71. The molecule has 1 heterocycles. The first-order valence-electron chi connectivity index (χ1n) is 6.60. The molecule has 22 heavy (non-hydrogen) atoms. The zero-order chi connectivity index (χ0) is 17.1. The van der Waals surface area contributed by atoms with Gasteiger partial charge in [-0.15, -0.1) is 6.42 Å². The minimum Gasteiger partial charge on any atom is -0.367 e. The van der Waals surface area contributed by atoms with E-state index in [9.17, 15) is 18.0 Å². The lowest BCUT2D eigenvalue weighted by Crippen LogP contribution is -2.42. The molecule has 0 radical (unpaired) electrons. The van der Waals surface area contributed by atoms with Crippen LogP contribution in [0.3, 0.4) is 0 Å². The maximum atomic E-state index is 12.8. The first-order valence-corrected chi connectivity index (χ1v) is 6.60. The molecule has 0 atom stereocenters. The lowest BCUT2D eigenvalue weighted by molar-refractivity contribution is -0.137. The Hall–Kier alpha value is -2.23. The summed E-state index contributed by atoms with van der Waals surface area (Å²) in [7, 11) is 0. The van der Waals surface area contributed by atoms with Gasteiger partial charge < -0.3 is 10.6 Å². The number of pyridine rings is 1. The maximum Gasteiger partial charge on any atom is 0.417 e. The van der Waals surface area contributed by atoms with Gasteiger partial charge in [-0.3, -0.25) is 4.79 Å². The molecule has 0 aliphatic heterocycles. The fourth-order valence-corrected chi connectivity index (χ4v) is 1.57. The van der Waals surface area contributed by atoms with Crippen LogP contribution >= 0.6 is 0 Å². The Balaban J connectivity index is 3.28. The van der Waals surface area contributed by atoms with Crippen LogP contribution in [0, 0.1) is 12.3 Å². The van der Waals surface area contributed by atoms with Crippen molar-refractivity contribution >= 4 is 11.7 Å². The molecule has 2 N–H and O–H groups in total. The highest BCUT2D eigenvalue weighted by Gasteiger charge is 2.33. The summed E-state index contributed by atoms with van der Waals surface area (Å²) in [6, 6.07) is 0.663. The molecule has 1 aromatic rings. The van der Waals surface area contributed by atoms with Crippen molar-refractivity contribution in [2.45, 2.75) is 45.5 Å². The molecule has 7 heteroatoms. The molecule has 1 aromatic heterocycles. The van der Waals surface area contributed by atoms with Crippen LogP contribution in [0.25, 0.3) is 0 Å². The van der Waals surface area contributed by atoms with Gasteiger partial charge >= 0.3 is 6.18 Å². The normalized spacial score (nSPS) is 12.0. The third-order valence-corrected chi connectivity index (χ3v) is 2.67. The number of carbonyl (C=O) groups is 1. The number of amides is 1. The van der Waals surface area contributed by atoms with E-state index < -0.39 is 23.2 Å². The van der Waals surface area contributed by atoms with Crippen LogP contribution in [-0.2, 0) is 6.18 Å². The summed E-state index contributed by atoms with van der Waals surface area (Å²) in [6.07, 6.45) is 1.38. The van der Waals surface area contributed by atoms with Crippen molar-refractivity contribution in [3.05, 3.63) is 23.4 Å². The van der Waals surface area contributed by atoms with Gasteiger partial charge in [0.1, 0.15) is 5.82 Å². The first kappa shape index (κ1) is 17.8. The molecule has 0 aliphatic rings. The van der Waals surface area contributed by atoms with Crippen molar-refractivity contribution in [1.29, 1.82) is 0 Å². The van der Waals surface area contributed by atoms with E-state index in [2.05, 4.69) is 21.5 Å². The van der Waals surface area contributed by atoms with Gasteiger partial charge in [-0.1, -0.05) is 5.92 Å². The van der Waals surface area contributed by atoms with Gasteiger partial charge in [-0.25, -0.2) is 4.98 Å². The minimum absolute atomic E-state index is 0.0771. The van der Waals surface area contributed by atoms with Gasteiger partial charge in [0.15, 0.2) is 0 Å². The highest BCUT2D eigenvalue weighted by Crippen LogP contribution is 2.31. The summed E-state index contributed by atoms with van der Waals surface area (Å²) in [5.41, 5.74) is -2.18. The summed E-state index contributed by atoms with van der Waals surface area (Å²) < 4.78 is 38.4. The Morgan fingerprint density at radius 1 is 1.36 bits per heavy atom. The van der Waals surface area contributed by atoms with Crippen LogP contribution in [-0.4, -0.2) is 22.5 Å². The van der Waals surface area contributed by atoms with Gasteiger partial charge in [0.2, 0.25) is 0 Å². The van der Waals surface area contributed by atoms with E-state index in [1.165, 1.54) is 0 Å². The van der Waals surface area contributed by atoms with Crippen LogP contribution in [0.4, 0.5) is 19.0 Å². The van der Waals surface area contributed by atoms with Gasteiger partial charge in [0.25, 0.3) is 5.91 Å². The molecule has 0 bridgehead atoms. The second kappa shape index (κ2) is 6.26.